The van der Waals surface area contributed by atoms with Crippen LogP contribution in [0.4, 0.5) is 4.79 Å². The first kappa shape index (κ1) is 17.8. The van der Waals surface area contributed by atoms with Gasteiger partial charge in [0, 0.05) is 6.42 Å². The fraction of sp³-hybridized carbons (Fsp3) is 0.867. The molecule has 1 fully saturated rings. The lowest BCUT2D eigenvalue weighted by Gasteiger charge is -2.31. The van der Waals surface area contributed by atoms with Gasteiger partial charge in [-0.1, -0.05) is 6.92 Å². The van der Waals surface area contributed by atoms with Crippen molar-refractivity contribution in [2.75, 3.05) is 19.8 Å². The Morgan fingerprint density at radius 1 is 1.38 bits per heavy atom. The summed E-state index contributed by atoms with van der Waals surface area (Å²) in [7, 11) is 0. The van der Waals surface area contributed by atoms with Crippen LogP contribution in [0.2, 0.25) is 0 Å². The standard InChI is InChI=1S/C15H26O6/c1-6-14(3,4)20-8-7-11(2)21-12(16)15(5)9-18-13(17)19-10-15/h11H,6-10H2,1-5H3. The summed E-state index contributed by atoms with van der Waals surface area (Å²) in [5.74, 6) is -0.419. The number of rotatable bonds is 7. The summed E-state index contributed by atoms with van der Waals surface area (Å²) < 4.78 is 20.6. The fourth-order valence-electron chi connectivity index (χ4n) is 1.62. The molecule has 6 nitrogen and oxygen atoms in total. The Balaban J connectivity index is 2.35. The molecular formula is C15H26O6. The lowest BCUT2D eigenvalue weighted by molar-refractivity contribution is -0.171. The van der Waals surface area contributed by atoms with Crippen LogP contribution in [0.3, 0.4) is 0 Å². The lowest BCUT2D eigenvalue weighted by Crippen LogP contribution is -2.45. The summed E-state index contributed by atoms with van der Waals surface area (Å²) in [5.41, 5.74) is -1.10. The number of esters is 1. The van der Waals surface area contributed by atoms with Crippen molar-refractivity contribution in [1.29, 1.82) is 0 Å². The highest BCUT2D eigenvalue weighted by molar-refractivity contribution is 5.78. The third kappa shape index (κ3) is 5.53. The minimum Gasteiger partial charge on any atom is -0.462 e. The molecule has 0 amide bonds. The van der Waals surface area contributed by atoms with Crippen molar-refractivity contribution in [2.45, 2.75) is 59.2 Å². The summed E-state index contributed by atoms with van der Waals surface area (Å²) in [5, 5.41) is 0. The maximum atomic E-state index is 12.1. The molecule has 0 aromatic carbocycles. The second-order valence-electron chi connectivity index (χ2n) is 6.35. The third-order valence-electron chi connectivity index (χ3n) is 3.69. The smallest absolute Gasteiger partial charge is 0.462 e. The van der Waals surface area contributed by atoms with E-state index >= 15 is 0 Å². The van der Waals surface area contributed by atoms with Crippen molar-refractivity contribution in [3.8, 4) is 0 Å². The van der Waals surface area contributed by atoms with Crippen LogP contribution < -0.4 is 0 Å². The van der Waals surface area contributed by atoms with E-state index < -0.39 is 17.5 Å². The SMILES string of the molecule is CCC(C)(C)OCCC(C)OC(=O)C1(C)COC(=O)OC1. The van der Waals surface area contributed by atoms with Crippen LogP contribution in [-0.2, 0) is 23.7 Å². The van der Waals surface area contributed by atoms with Crippen LogP contribution in [-0.4, -0.2) is 43.7 Å². The van der Waals surface area contributed by atoms with Crippen LogP contribution in [0.25, 0.3) is 0 Å². The summed E-state index contributed by atoms with van der Waals surface area (Å²) in [6.07, 6.45) is 0.525. The average molecular weight is 302 g/mol. The molecule has 21 heavy (non-hydrogen) atoms. The van der Waals surface area contributed by atoms with E-state index in [1.165, 1.54) is 0 Å². The van der Waals surface area contributed by atoms with E-state index in [2.05, 4.69) is 6.92 Å². The predicted molar refractivity (Wildman–Crippen MR) is 75.9 cm³/mol. The Bertz CT molecular complexity index is 366. The van der Waals surface area contributed by atoms with Crippen LogP contribution >= 0.6 is 0 Å². The Hall–Kier alpha value is -1.30. The second kappa shape index (κ2) is 7.11. The molecule has 1 rings (SSSR count). The minimum atomic E-state index is -0.939. The molecule has 1 saturated heterocycles. The molecule has 0 aromatic heterocycles. The minimum absolute atomic E-state index is 0.0171. The molecule has 0 N–H and O–H groups in total. The zero-order valence-corrected chi connectivity index (χ0v) is 13.6. The molecule has 1 atom stereocenters. The molecule has 1 aliphatic heterocycles. The summed E-state index contributed by atoms with van der Waals surface area (Å²) in [6, 6.07) is 0. The van der Waals surface area contributed by atoms with Crippen molar-refractivity contribution in [1.82, 2.24) is 0 Å². The van der Waals surface area contributed by atoms with Gasteiger partial charge in [0.2, 0.25) is 0 Å². The number of carbonyl (C=O) groups is 2. The highest BCUT2D eigenvalue weighted by Crippen LogP contribution is 2.25. The molecule has 0 radical (unpaired) electrons. The van der Waals surface area contributed by atoms with Crippen molar-refractivity contribution >= 4 is 12.1 Å². The van der Waals surface area contributed by atoms with Crippen LogP contribution in [0, 0.1) is 5.41 Å². The van der Waals surface area contributed by atoms with E-state index in [9.17, 15) is 9.59 Å². The van der Waals surface area contributed by atoms with Crippen molar-refractivity contribution in [2.24, 2.45) is 5.41 Å². The zero-order chi connectivity index (χ0) is 16.1. The molecule has 0 saturated carbocycles. The molecule has 1 aliphatic rings. The first-order chi connectivity index (χ1) is 9.68. The second-order valence-corrected chi connectivity index (χ2v) is 6.35. The Kier molecular flexibility index (Phi) is 6.01. The Morgan fingerprint density at radius 2 is 1.95 bits per heavy atom. The predicted octanol–water partition coefficient (Wildman–Crippen LogP) is 2.69. The highest BCUT2D eigenvalue weighted by atomic mass is 16.7. The summed E-state index contributed by atoms with van der Waals surface area (Å²) in [6.45, 7) is 10.1. The average Bonchev–Trinajstić information content (AvgIpc) is 2.42. The Morgan fingerprint density at radius 3 is 2.48 bits per heavy atom. The van der Waals surface area contributed by atoms with Gasteiger partial charge in [-0.3, -0.25) is 4.79 Å². The normalized spacial score (nSPS) is 19.4. The number of hydrogen-bond donors (Lipinski definition) is 0. The lowest BCUT2D eigenvalue weighted by atomic mass is 9.92. The van der Waals surface area contributed by atoms with Gasteiger partial charge in [-0.2, -0.15) is 0 Å². The van der Waals surface area contributed by atoms with Gasteiger partial charge in [-0.05, 0) is 34.1 Å². The van der Waals surface area contributed by atoms with Gasteiger partial charge in [0.05, 0.1) is 12.2 Å². The van der Waals surface area contributed by atoms with E-state index in [1.54, 1.807) is 6.92 Å². The molecule has 0 aromatic rings. The molecule has 122 valence electrons. The topological polar surface area (TPSA) is 71.1 Å². The van der Waals surface area contributed by atoms with Gasteiger partial charge in [0.15, 0.2) is 0 Å². The van der Waals surface area contributed by atoms with Crippen LogP contribution in [0.5, 0.6) is 0 Å². The van der Waals surface area contributed by atoms with E-state index in [0.717, 1.165) is 6.42 Å². The molecule has 1 heterocycles. The molecular weight excluding hydrogens is 276 g/mol. The molecule has 0 aliphatic carbocycles. The molecule has 6 heteroatoms. The van der Waals surface area contributed by atoms with Gasteiger partial charge in [-0.25, -0.2) is 4.79 Å². The number of cyclic esters (lactones) is 2. The maximum Gasteiger partial charge on any atom is 0.508 e. The summed E-state index contributed by atoms with van der Waals surface area (Å²) in [4.78, 5) is 23.0. The number of carbonyl (C=O) groups excluding carboxylic acids is 2. The molecule has 0 bridgehead atoms. The van der Waals surface area contributed by atoms with Gasteiger partial charge < -0.3 is 18.9 Å². The van der Waals surface area contributed by atoms with E-state index in [1.807, 2.05) is 20.8 Å². The van der Waals surface area contributed by atoms with Gasteiger partial charge in [-0.15, -0.1) is 0 Å². The number of ether oxygens (including phenoxy) is 4. The largest absolute Gasteiger partial charge is 0.508 e. The van der Waals surface area contributed by atoms with Crippen LogP contribution in [0.1, 0.15) is 47.5 Å². The monoisotopic (exact) mass is 302 g/mol. The van der Waals surface area contributed by atoms with E-state index in [4.69, 9.17) is 18.9 Å². The van der Waals surface area contributed by atoms with E-state index in [-0.39, 0.29) is 24.9 Å². The fourth-order valence-corrected chi connectivity index (χ4v) is 1.62. The first-order valence-electron chi connectivity index (χ1n) is 7.33. The van der Waals surface area contributed by atoms with Gasteiger partial charge in [0.25, 0.3) is 0 Å². The zero-order valence-electron chi connectivity index (χ0n) is 13.6. The van der Waals surface area contributed by atoms with Crippen molar-refractivity contribution < 1.29 is 28.5 Å². The third-order valence-corrected chi connectivity index (χ3v) is 3.69. The van der Waals surface area contributed by atoms with Crippen molar-refractivity contribution in [3.63, 3.8) is 0 Å². The van der Waals surface area contributed by atoms with E-state index in [0.29, 0.717) is 13.0 Å². The summed E-state index contributed by atoms with van der Waals surface area (Å²) >= 11 is 0. The quantitative estimate of drug-likeness (QED) is 0.673. The van der Waals surface area contributed by atoms with Gasteiger partial charge in [0.1, 0.15) is 24.7 Å². The van der Waals surface area contributed by atoms with Gasteiger partial charge >= 0.3 is 12.1 Å². The number of hydrogen-bond acceptors (Lipinski definition) is 6. The van der Waals surface area contributed by atoms with Crippen molar-refractivity contribution in [3.05, 3.63) is 0 Å². The highest BCUT2D eigenvalue weighted by Gasteiger charge is 2.42. The maximum absolute atomic E-state index is 12.1. The Labute approximate surface area is 126 Å². The molecule has 0 spiro atoms. The molecule has 1 unspecified atom stereocenters. The van der Waals surface area contributed by atoms with Crippen LogP contribution in [0.15, 0.2) is 0 Å². The first-order valence-corrected chi connectivity index (χ1v) is 7.33.